The van der Waals surface area contributed by atoms with Crippen molar-refractivity contribution in [1.29, 1.82) is 0 Å². The third-order valence-corrected chi connectivity index (χ3v) is 5.63. The van der Waals surface area contributed by atoms with Crippen molar-refractivity contribution in [2.75, 3.05) is 13.2 Å². The second kappa shape index (κ2) is 6.57. The Morgan fingerprint density at radius 2 is 1.77 bits per heavy atom. The molecule has 0 aromatic heterocycles. The minimum Gasteiger partial charge on any atom is -0.493 e. The molecule has 1 atom stereocenters. The summed E-state index contributed by atoms with van der Waals surface area (Å²) in [6, 6.07) is 9.91. The normalized spacial score (nSPS) is 20.3. The van der Waals surface area contributed by atoms with Gasteiger partial charge in [-0.05, 0) is 30.3 Å². The van der Waals surface area contributed by atoms with Gasteiger partial charge in [0.2, 0.25) is 10.0 Å². The van der Waals surface area contributed by atoms with E-state index in [0.717, 1.165) is 12.1 Å². The Bertz CT molecular complexity index is 897. The number of ether oxygens (including phenoxy) is 1. The van der Waals surface area contributed by atoms with Crippen LogP contribution in [-0.2, 0) is 21.8 Å². The molecule has 0 amide bonds. The molecule has 1 aliphatic rings. The molecule has 5 nitrogen and oxygen atoms in total. The van der Waals surface area contributed by atoms with Crippen molar-refractivity contribution in [2.24, 2.45) is 0 Å². The Labute approximate surface area is 148 Å². The average Bonchev–Trinajstić information content (AvgIpc) is 2.60. The van der Waals surface area contributed by atoms with E-state index >= 15 is 0 Å². The van der Waals surface area contributed by atoms with Crippen molar-refractivity contribution in [2.45, 2.75) is 23.1 Å². The molecule has 0 spiro atoms. The number of benzene rings is 2. The molecular formula is C17H16F3NO4S. The van der Waals surface area contributed by atoms with E-state index in [4.69, 9.17) is 4.74 Å². The second-order valence-electron chi connectivity index (χ2n) is 5.97. The lowest BCUT2D eigenvalue weighted by Gasteiger charge is -2.34. The number of sulfonamides is 1. The minimum absolute atomic E-state index is 0.180. The number of fused-ring (bicyclic) bond motifs is 1. The number of alkyl halides is 3. The molecule has 0 saturated heterocycles. The zero-order valence-electron chi connectivity index (χ0n) is 13.5. The molecule has 0 aliphatic carbocycles. The van der Waals surface area contributed by atoms with E-state index in [1.165, 1.54) is 0 Å². The van der Waals surface area contributed by atoms with Crippen molar-refractivity contribution < 1.29 is 31.4 Å². The monoisotopic (exact) mass is 387 g/mol. The Morgan fingerprint density at radius 1 is 1.12 bits per heavy atom. The molecule has 2 aromatic rings. The Hall–Kier alpha value is -2.10. The zero-order valence-corrected chi connectivity index (χ0v) is 14.3. The summed E-state index contributed by atoms with van der Waals surface area (Å²) >= 11 is 0. The van der Waals surface area contributed by atoms with Crippen molar-refractivity contribution in [3.63, 3.8) is 0 Å². The van der Waals surface area contributed by atoms with Crippen LogP contribution in [0.5, 0.6) is 5.75 Å². The van der Waals surface area contributed by atoms with Crippen LogP contribution in [-0.4, -0.2) is 26.7 Å². The first-order chi connectivity index (χ1) is 12.1. The van der Waals surface area contributed by atoms with Crippen molar-refractivity contribution >= 4 is 10.0 Å². The second-order valence-corrected chi connectivity index (χ2v) is 7.74. The summed E-state index contributed by atoms with van der Waals surface area (Å²) in [5, 5.41) is 10.8. The van der Waals surface area contributed by atoms with Crippen LogP contribution in [0.15, 0.2) is 53.4 Å². The highest BCUT2D eigenvalue weighted by Gasteiger charge is 2.37. The van der Waals surface area contributed by atoms with E-state index < -0.39 is 27.4 Å². The Morgan fingerprint density at radius 3 is 2.42 bits per heavy atom. The third-order valence-electron chi connectivity index (χ3n) is 4.21. The predicted molar refractivity (Wildman–Crippen MR) is 87.1 cm³/mol. The van der Waals surface area contributed by atoms with Crippen LogP contribution in [0.2, 0.25) is 0 Å². The van der Waals surface area contributed by atoms with Gasteiger partial charge in [0.05, 0.1) is 17.1 Å². The van der Waals surface area contributed by atoms with Crippen LogP contribution >= 0.6 is 0 Å². The lowest BCUT2D eigenvalue weighted by atomic mass is 9.88. The first-order valence-corrected chi connectivity index (χ1v) is 9.22. The molecule has 0 bridgehead atoms. The van der Waals surface area contributed by atoms with Crippen LogP contribution in [0, 0.1) is 0 Å². The Kier molecular flexibility index (Phi) is 4.72. The molecule has 2 N–H and O–H groups in total. The largest absolute Gasteiger partial charge is 0.493 e. The van der Waals surface area contributed by atoms with E-state index in [0.29, 0.717) is 23.4 Å². The lowest BCUT2D eigenvalue weighted by molar-refractivity contribution is -0.137. The van der Waals surface area contributed by atoms with Gasteiger partial charge in [0, 0.05) is 18.5 Å². The van der Waals surface area contributed by atoms with E-state index in [1.54, 1.807) is 24.3 Å². The molecule has 0 saturated carbocycles. The van der Waals surface area contributed by atoms with Gasteiger partial charge in [0.25, 0.3) is 0 Å². The average molecular weight is 387 g/mol. The van der Waals surface area contributed by atoms with Crippen molar-refractivity contribution in [1.82, 2.24) is 4.72 Å². The van der Waals surface area contributed by atoms with Crippen LogP contribution in [0.1, 0.15) is 17.5 Å². The summed E-state index contributed by atoms with van der Waals surface area (Å²) < 4.78 is 70.2. The van der Waals surface area contributed by atoms with Gasteiger partial charge in [-0.3, -0.25) is 0 Å². The number of nitrogens with one attached hydrogen (secondary N) is 1. The summed E-state index contributed by atoms with van der Waals surface area (Å²) in [5.41, 5.74) is -1.94. The van der Waals surface area contributed by atoms with Gasteiger partial charge in [-0.2, -0.15) is 13.2 Å². The quantitative estimate of drug-likeness (QED) is 0.846. The molecule has 9 heteroatoms. The highest BCUT2D eigenvalue weighted by molar-refractivity contribution is 7.89. The number of para-hydroxylation sites is 1. The highest BCUT2D eigenvalue weighted by Crippen LogP contribution is 2.36. The van der Waals surface area contributed by atoms with Gasteiger partial charge < -0.3 is 9.84 Å². The maximum Gasteiger partial charge on any atom is 0.416 e. The number of rotatable bonds is 4. The van der Waals surface area contributed by atoms with Crippen LogP contribution < -0.4 is 9.46 Å². The summed E-state index contributed by atoms with van der Waals surface area (Å²) in [5.74, 6) is 0.468. The van der Waals surface area contributed by atoms with Crippen molar-refractivity contribution in [3.8, 4) is 5.75 Å². The van der Waals surface area contributed by atoms with Gasteiger partial charge in [-0.15, -0.1) is 0 Å². The third kappa shape index (κ3) is 3.69. The summed E-state index contributed by atoms with van der Waals surface area (Å²) in [6.07, 6.45) is -4.36. The van der Waals surface area contributed by atoms with Crippen LogP contribution in [0.4, 0.5) is 13.2 Å². The number of hydrogen-bond donors (Lipinski definition) is 2. The van der Waals surface area contributed by atoms with E-state index in [1.807, 2.05) is 0 Å². The molecule has 2 aromatic carbocycles. The summed E-state index contributed by atoms with van der Waals surface area (Å²) in [6.45, 7) is -0.105. The fraction of sp³-hybridized carbons (Fsp3) is 0.294. The summed E-state index contributed by atoms with van der Waals surface area (Å²) in [7, 11) is -4.08. The van der Waals surface area contributed by atoms with E-state index in [2.05, 4.69) is 4.72 Å². The van der Waals surface area contributed by atoms with Crippen molar-refractivity contribution in [3.05, 3.63) is 59.7 Å². The van der Waals surface area contributed by atoms with Gasteiger partial charge in [0.15, 0.2) is 0 Å². The maximum absolute atomic E-state index is 12.6. The standard InChI is InChI=1S/C17H16F3NO4S/c18-17(19,20)12-5-7-13(8-6-12)26(23,24)21-11-16(22)9-10-25-15-4-2-1-3-14(15)16/h1-8,21-22H,9-11H2. The fourth-order valence-corrected chi connectivity index (χ4v) is 3.84. The first kappa shape index (κ1) is 18.7. The molecule has 140 valence electrons. The fourth-order valence-electron chi connectivity index (χ4n) is 2.75. The van der Waals surface area contributed by atoms with Gasteiger partial charge in [-0.1, -0.05) is 18.2 Å². The Balaban J connectivity index is 1.79. The molecule has 26 heavy (non-hydrogen) atoms. The van der Waals surface area contributed by atoms with E-state index in [-0.39, 0.29) is 24.5 Å². The molecular weight excluding hydrogens is 371 g/mol. The summed E-state index contributed by atoms with van der Waals surface area (Å²) in [4.78, 5) is -0.311. The maximum atomic E-state index is 12.6. The highest BCUT2D eigenvalue weighted by atomic mass is 32.2. The van der Waals surface area contributed by atoms with Crippen LogP contribution in [0.25, 0.3) is 0 Å². The zero-order chi connectivity index (χ0) is 19.0. The topological polar surface area (TPSA) is 75.6 Å². The number of hydrogen-bond acceptors (Lipinski definition) is 4. The van der Waals surface area contributed by atoms with E-state index in [9.17, 15) is 26.7 Å². The van der Waals surface area contributed by atoms with Gasteiger partial charge in [-0.25, -0.2) is 13.1 Å². The molecule has 1 aliphatic heterocycles. The molecule has 0 fully saturated rings. The molecule has 1 heterocycles. The smallest absolute Gasteiger partial charge is 0.416 e. The predicted octanol–water partition coefficient (Wildman–Crippen LogP) is 2.65. The van der Waals surface area contributed by atoms with Gasteiger partial charge >= 0.3 is 6.18 Å². The molecule has 3 rings (SSSR count). The minimum atomic E-state index is -4.54. The molecule has 0 radical (unpaired) electrons. The number of aliphatic hydroxyl groups is 1. The number of halogens is 3. The van der Waals surface area contributed by atoms with Gasteiger partial charge in [0.1, 0.15) is 11.4 Å². The SMILES string of the molecule is O=S(=O)(NCC1(O)CCOc2ccccc21)c1ccc(C(F)(F)F)cc1. The first-order valence-electron chi connectivity index (χ1n) is 7.73. The molecule has 1 unspecified atom stereocenters. The lowest BCUT2D eigenvalue weighted by Crippen LogP contribution is -2.43. The van der Waals surface area contributed by atoms with Crippen LogP contribution in [0.3, 0.4) is 0 Å².